The molecule has 2 aromatic carbocycles. The van der Waals surface area contributed by atoms with Crippen molar-refractivity contribution >= 4 is 17.7 Å². The van der Waals surface area contributed by atoms with Crippen molar-refractivity contribution in [2.75, 3.05) is 26.1 Å². The smallest absolute Gasteiger partial charge is 0.348 e. The van der Waals surface area contributed by atoms with Crippen LogP contribution in [0.1, 0.15) is 5.56 Å². The Morgan fingerprint density at radius 3 is 2.30 bits per heavy atom. The van der Waals surface area contributed by atoms with Crippen molar-refractivity contribution in [3.63, 3.8) is 0 Å². The van der Waals surface area contributed by atoms with Crippen molar-refractivity contribution in [2.24, 2.45) is 0 Å². The Bertz CT molecular complexity index is 786. The van der Waals surface area contributed by atoms with E-state index in [9.17, 15) is 4.79 Å². The van der Waals surface area contributed by atoms with Crippen LogP contribution >= 0.6 is 0 Å². The van der Waals surface area contributed by atoms with E-state index in [0.717, 1.165) is 22.4 Å². The van der Waals surface area contributed by atoms with Gasteiger partial charge < -0.3 is 9.64 Å². The highest BCUT2D eigenvalue weighted by Gasteiger charge is 2.13. The summed E-state index contributed by atoms with van der Waals surface area (Å²) in [6.45, 7) is 0. The number of nitriles is 1. The van der Waals surface area contributed by atoms with Gasteiger partial charge in [-0.3, -0.25) is 0 Å². The number of esters is 1. The number of carbonyl (C=O) groups is 1. The van der Waals surface area contributed by atoms with Gasteiger partial charge in [-0.25, -0.2) is 4.79 Å². The maximum atomic E-state index is 11.6. The maximum absolute atomic E-state index is 11.6. The van der Waals surface area contributed by atoms with Crippen molar-refractivity contribution in [1.29, 1.82) is 5.26 Å². The van der Waals surface area contributed by atoms with E-state index < -0.39 is 5.97 Å². The zero-order chi connectivity index (χ0) is 16.8. The minimum Gasteiger partial charge on any atom is -0.465 e. The molecule has 4 heteroatoms. The zero-order valence-corrected chi connectivity index (χ0v) is 13.4. The number of anilines is 1. The van der Waals surface area contributed by atoms with E-state index >= 15 is 0 Å². The fourth-order valence-corrected chi connectivity index (χ4v) is 2.36. The first kappa shape index (κ1) is 16.3. The number of hydrogen-bond donors (Lipinski definition) is 0. The minimum absolute atomic E-state index is 0.0257. The molecule has 4 nitrogen and oxygen atoms in total. The van der Waals surface area contributed by atoms with Crippen LogP contribution in [-0.2, 0) is 9.53 Å². The van der Waals surface area contributed by atoms with Crippen molar-refractivity contribution in [2.45, 2.75) is 0 Å². The maximum Gasteiger partial charge on any atom is 0.348 e. The van der Waals surface area contributed by atoms with Gasteiger partial charge in [0.2, 0.25) is 0 Å². The molecule has 0 bridgehead atoms. The van der Waals surface area contributed by atoms with Gasteiger partial charge in [0.25, 0.3) is 0 Å². The van der Waals surface area contributed by atoms with E-state index in [1.165, 1.54) is 7.11 Å². The summed E-state index contributed by atoms with van der Waals surface area (Å²) < 4.78 is 4.65. The highest BCUT2D eigenvalue weighted by Crippen LogP contribution is 2.33. The Morgan fingerprint density at radius 2 is 1.70 bits per heavy atom. The van der Waals surface area contributed by atoms with Crippen LogP contribution in [-0.4, -0.2) is 27.2 Å². The van der Waals surface area contributed by atoms with Gasteiger partial charge in [-0.05, 0) is 23.3 Å². The lowest BCUT2D eigenvalue weighted by atomic mass is 9.96. The Kier molecular flexibility index (Phi) is 5.16. The van der Waals surface area contributed by atoms with Crippen LogP contribution in [0.2, 0.25) is 0 Å². The predicted octanol–water partition coefficient (Wildman–Crippen LogP) is 3.50. The average molecular weight is 306 g/mol. The van der Waals surface area contributed by atoms with Crippen LogP contribution in [0.15, 0.2) is 54.1 Å². The second-order valence-corrected chi connectivity index (χ2v) is 5.16. The third kappa shape index (κ3) is 3.58. The summed E-state index contributed by atoms with van der Waals surface area (Å²) in [7, 11) is 5.22. The molecule has 0 saturated carbocycles. The van der Waals surface area contributed by atoms with E-state index in [-0.39, 0.29) is 5.57 Å². The molecular weight excluding hydrogens is 288 g/mol. The SMILES string of the molecule is COC(=O)/C(C#N)=C/c1ccccc1-c1ccccc1N(C)C. The summed E-state index contributed by atoms with van der Waals surface area (Å²) in [5.74, 6) is -0.636. The fraction of sp³-hybridized carbons (Fsp3) is 0.158. The molecule has 0 heterocycles. The molecule has 0 atom stereocenters. The monoisotopic (exact) mass is 306 g/mol. The number of nitrogens with zero attached hydrogens (tertiary/aromatic N) is 2. The van der Waals surface area contributed by atoms with Crippen molar-refractivity contribution in [1.82, 2.24) is 0 Å². The summed E-state index contributed by atoms with van der Waals surface area (Å²) in [6.07, 6.45) is 1.56. The molecule has 23 heavy (non-hydrogen) atoms. The van der Waals surface area contributed by atoms with Crippen molar-refractivity contribution < 1.29 is 9.53 Å². The van der Waals surface area contributed by atoms with E-state index in [1.807, 2.05) is 73.6 Å². The molecular formula is C19H18N2O2. The van der Waals surface area contributed by atoms with Crippen LogP contribution in [0.4, 0.5) is 5.69 Å². The molecule has 2 rings (SSSR count). The first-order chi connectivity index (χ1) is 11.1. The lowest BCUT2D eigenvalue weighted by Gasteiger charge is -2.18. The summed E-state index contributed by atoms with van der Waals surface area (Å²) >= 11 is 0. The van der Waals surface area contributed by atoms with E-state index in [4.69, 9.17) is 5.26 Å². The Labute approximate surface area is 136 Å². The molecule has 0 aromatic heterocycles. The lowest BCUT2D eigenvalue weighted by Crippen LogP contribution is -2.10. The van der Waals surface area contributed by atoms with Gasteiger partial charge in [0.15, 0.2) is 0 Å². The van der Waals surface area contributed by atoms with Gasteiger partial charge in [-0.2, -0.15) is 5.26 Å². The van der Waals surface area contributed by atoms with E-state index in [2.05, 4.69) is 4.74 Å². The second kappa shape index (κ2) is 7.28. The molecule has 0 radical (unpaired) electrons. The molecule has 0 aliphatic rings. The van der Waals surface area contributed by atoms with Gasteiger partial charge in [0, 0.05) is 25.3 Å². The summed E-state index contributed by atoms with van der Waals surface area (Å²) in [5.41, 5.74) is 3.82. The first-order valence-electron chi connectivity index (χ1n) is 7.14. The molecule has 0 unspecified atom stereocenters. The van der Waals surface area contributed by atoms with Gasteiger partial charge in [-0.1, -0.05) is 42.5 Å². The lowest BCUT2D eigenvalue weighted by molar-refractivity contribution is -0.135. The van der Waals surface area contributed by atoms with Crippen LogP contribution in [0.25, 0.3) is 17.2 Å². The number of hydrogen-bond acceptors (Lipinski definition) is 4. The number of para-hydroxylation sites is 1. The number of benzene rings is 2. The molecule has 0 saturated heterocycles. The molecule has 0 aliphatic carbocycles. The van der Waals surface area contributed by atoms with Crippen LogP contribution in [0.3, 0.4) is 0 Å². The Hall–Kier alpha value is -3.06. The molecule has 0 fully saturated rings. The fourth-order valence-electron chi connectivity index (χ4n) is 2.36. The topological polar surface area (TPSA) is 53.3 Å². The van der Waals surface area contributed by atoms with Gasteiger partial charge in [0.1, 0.15) is 11.6 Å². The molecule has 0 aliphatic heterocycles. The number of rotatable bonds is 4. The Morgan fingerprint density at radius 1 is 1.09 bits per heavy atom. The third-order valence-corrected chi connectivity index (χ3v) is 3.46. The highest BCUT2D eigenvalue weighted by molar-refractivity contribution is 5.99. The minimum atomic E-state index is -0.636. The highest BCUT2D eigenvalue weighted by atomic mass is 16.5. The number of ether oxygens (including phenoxy) is 1. The zero-order valence-electron chi connectivity index (χ0n) is 13.4. The van der Waals surface area contributed by atoms with Gasteiger partial charge in [0.05, 0.1) is 7.11 Å². The summed E-state index contributed by atoms with van der Waals surface area (Å²) in [5, 5.41) is 9.17. The van der Waals surface area contributed by atoms with E-state index in [0.29, 0.717) is 0 Å². The predicted molar refractivity (Wildman–Crippen MR) is 91.8 cm³/mol. The normalized spacial score (nSPS) is 10.8. The molecule has 0 amide bonds. The third-order valence-electron chi connectivity index (χ3n) is 3.46. The average Bonchev–Trinajstić information content (AvgIpc) is 2.59. The van der Waals surface area contributed by atoms with Gasteiger partial charge in [-0.15, -0.1) is 0 Å². The second-order valence-electron chi connectivity index (χ2n) is 5.16. The van der Waals surface area contributed by atoms with Gasteiger partial charge >= 0.3 is 5.97 Å². The molecule has 0 spiro atoms. The van der Waals surface area contributed by atoms with Crippen molar-refractivity contribution in [3.05, 3.63) is 59.7 Å². The van der Waals surface area contributed by atoms with Crippen LogP contribution < -0.4 is 4.90 Å². The molecule has 116 valence electrons. The van der Waals surface area contributed by atoms with Crippen LogP contribution in [0.5, 0.6) is 0 Å². The van der Waals surface area contributed by atoms with Crippen molar-refractivity contribution in [3.8, 4) is 17.2 Å². The summed E-state index contributed by atoms with van der Waals surface area (Å²) in [4.78, 5) is 13.7. The first-order valence-corrected chi connectivity index (χ1v) is 7.14. The quantitative estimate of drug-likeness (QED) is 0.493. The largest absolute Gasteiger partial charge is 0.465 e. The van der Waals surface area contributed by atoms with Crippen LogP contribution in [0, 0.1) is 11.3 Å². The number of carbonyl (C=O) groups excluding carboxylic acids is 1. The van der Waals surface area contributed by atoms with E-state index in [1.54, 1.807) is 6.08 Å². The number of methoxy groups -OCH3 is 1. The molecule has 0 N–H and O–H groups in total. The molecule has 2 aromatic rings. The summed E-state index contributed by atoms with van der Waals surface area (Å²) in [6, 6.07) is 17.5. The standard InChI is InChI=1S/C19H18N2O2/c1-21(2)18-11-7-6-10-17(18)16-9-5-4-8-14(16)12-15(13-20)19(22)23-3/h4-12H,1-3H3/b15-12+. The Balaban J connectivity index is 2.62.